The molecule has 1 fully saturated rings. The third-order valence-corrected chi connectivity index (χ3v) is 5.27. The summed E-state index contributed by atoms with van der Waals surface area (Å²) in [4.78, 5) is 34.8. The van der Waals surface area contributed by atoms with E-state index in [-0.39, 0.29) is 28.0 Å². The zero-order valence-electron chi connectivity index (χ0n) is 14.0. The normalized spacial score (nSPS) is 20.4. The standard InChI is InChI=1S/C20H20O5/c1-11-2-4-12(5-3-11)14-8-9-15(19(22)23)17-13(10-21)6-7-16(18(14)17)20(24)25/h6-12H,2-5H2,1H3,(H,22,23)(H,24,25). The van der Waals surface area contributed by atoms with Gasteiger partial charge in [0.15, 0.2) is 6.29 Å². The fourth-order valence-electron chi connectivity index (χ4n) is 3.91. The first kappa shape index (κ1) is 17.1. The van der Waals surface area contributed by atoms with Gasteiger partial charge < -0.3 is 10.2 Å². The Labute approximate surface area is 145 Å². The van der Waals surface area contributed by atoms with Gasteiger partial charge in [0, 0.05) is 16.3 Å². The Bertz CT molecular complexity index is 860. The second-order valence-electron chi connectivity index (χ2n) is 6.84. The Morgan fingerprint density at radius 2 is 1.48 bits per heavy atom. The molecule has 5 nitrogen and oxygen atoms in total. The SMILES string of the molecule is CC1CCC(c2ccc(C(=O)O)c3c(C=O)ccc(C(=O)O)c23)CC1. The van der Waals surface area contributed by atoms with Crippen LogP contribution < -0.4 is 0 Å². The maximum atomic E-state index is 11.7. The molecule has 0 bridgehead atoms. The maximum Gasteiger partial charge on any atom is 0.336 e. The third-order valence-electron chi connectivity index (χ3n) is 5.27. The van der Waals surface area contributed by atoms with Crippen molar-refractivity contribution in [1.29, 1.82) is 0 Å². The summed E-state index contributed by atoms with van der Waals surface area (Å²) in [5, 5.41) is 19.7. The van der Waals surface area contributed by atoms with Crippen molar-refractivity contribution in [2.75, 3.05) is 0 Å². The molecule has 0 spiro atoms. The van der Waals surface area contributed by atoms with Crippen LogP contribution in [0.4, 0.5) is 0 Å². The predicted molar refractivity (Wildman–Crippen MR) is 93.6 cm³/mol. The number of aldehydes is 1. The molecular weight excluding hydrogens is 320 g/mol. The molecule has 0 aromatic heterocycles. The van der Waals surface area contributed by atoms with E-state index in [1.54, 1.807) is 6.07 Å². The fourth-order valence-corrected chi connectivity index (χ4v) is 3.91. The minimum absolute atomic E-state index is 0.0341. The van der Waals surface area contributed by atoms with E-state index in [0.29, 0.717) is 17.6 Å². The van der Waals surface area contributed by atoms with Crippen molar-refractivity contribution >= 4 is 29.0 Å². The van der Waals surface area contributed by atoms with Gasteiger partial charge >= 0.3 is 11.9 Å². The Balaban J connectivity index is 2.34. The quantitative estimate of drug-likeness (QED) is 0.808. The van der Waals surface area contributed by atoms with Crippen molar-refractivity contribution in [3.8, 4) is 0 Å². The van der Waals surface area contributed by atoms with Crippen molar-refractivity contribution in [3.63, 3.8) is 0 Å². The van der Waals surface area contributed by atoms with E-state index in [0.717, 1.165) is 31.2 Å². The van der Waals surface area contributed by atoms with Crippen LogP contribution in [0.25, 0.3) is 10.8 Å². The third kappa shape index (κ3) is 3.02. The first-order valence-corrected chi connectivity index (χ1v) is 8.45. The van der Waals surface area contributed by atoms with Gasteiger partial charge in [-0.3, -0.25) is 4.79 Å². The number of carboxylic acids is 2. The van der Waals surface area contributed by atoms with Crippen LogP contribution in [0.2, 0.25) is 0 Å². The lowest BCUT2D eigenvalue weighted by molar-refractivity contribution is 0.0686. The highest BCUT2D eigenvalue weighted by molar-refractivity contribution is 6.16. The summed E-state index contributed by atoms with van der Waals surface area (Å²) in [6.45, 7) is 2.20. The van der Waals surface area contributed by atoms with Crippen LogP contribution in [-0.2, 0) is 0 Å². The Morgan fingerprint density at radius 3 is 2.04 bits per heavy atom. The summed E-state index contributed by atoms with van der Waals surface area (Å²) < 4.78 is 0. The molecule has 0 atom stereocenters. The van der Waals surface area contributed by atoms with Gasteiger partial charge in [-0.1, -0.05) is 31.9 Å². The van der Waals surface area contributed by atoms with Crippen LogP contribution in [-0.4, -0.2) is 28.4 Å². The molecule has 2 aromatic carbocycles. The summed E-state index contributed by atoms with van der Waals surface area (Å²) in [6.07, 6.45) is 4.58. The van der Waals surface area contributed by atoms with Gasteiger partial charge in [0.2, 0.25) is 0 Å². The average molecular weight is 340 g/mol. The van der Waals surface area contributed by atoms with Gasteiger partial charge in [-0.2, -0.15) is 0 Å². The van der Waals surface area contributed by atoms with Crippen molar-refractivity contribution in [3.05, 3.63) is 46.5 Å². The minimum Gasteiger partial charge on any atom is -0.478 e. The van der Waals surface area contributed by atoms with Gasteiger partial charge in [-0.05, 0) is 42.4 Å². The smallest absolute Gasteiger partial charge is 0.336 e. The largest absolute Gasteiger partial charge is 0.478 e. The number of aromatic carboxylic acids is 2. The molecular formula is C20H20O5. The molecule has 130 valence electrons. The van der Waals surface area contributed by atoms with E-state index in [2.05, 4.69) is 6.92 Å². The maximum absolute atomic E-state index is 11.7. The molecule has 2 N–H and O–H groups in total. The van der Waals surface area contributed by atoms with E-state index in [9.17, 15) is 24.6 Å². The van der Waals surface area contributed by atoms with E-state index in [4.69, 9.17) is 0 Å². The summed E-state index contributed by atoms with van der Waals surface area (Å²) in [5.74, 6) is -1.46. The number of fused-ring (bicyclic) bond motifs is 1. The number of hydrogen-bond acceptors (Lipinski definition) is 3. The molecule has 1 aliphatic rings. The Morgan fingerprint density at radius 1 is 0.920 bits per heavy atom. The lowest BCUT2D eigenvalue weighted by Gasteiger charge is -2.28. The number of carbonyl (C=O) groups is 3. The molecule has 1 saturated carbocycles. The van der Waals surface area contributed by atoms with Crippen molar-refractivity contribution in [2.45, 2.75) is 38.5 Å². The van der Waals surface area contributed by atoms with Crippen LogP contribution >= 0.6 is 0 Å². The molecule has 0 aliphatic heterocycles. The molecule has 0 saturated heterocycles. The molecule has 0 unspecified atom stereocenters. The number of carbonyl (C=O) groups excluding carboxylic acids is 1. The van der Waals surface area contributed by atoms with Gasteiger partial charge in [0.05, 0.1) is 11.1 Å². The Kier molecular flexibility index (Phi) is 4.57. The molecule has 0 radical (unpaired) electrons. The second kappa shape index (κ2) is 6.67. The number of carboxylic acid groups (broad SMARTS) is 2. The highest BCUT2D eigenvalue weighted by Gasteiger charge is 2.26. The van der Waals surface area contributed by atoms with Gasteiger partial charge in [-0.25, -0.2) is 9.59 Å². The summed E-state index contributed by atoms with van der Waals surface area (Å²) >= 11 is 0. The van der Waals surface area contributed by atoms with Crippen molar-refractivity contribution in [2.24, 2.45) is 5.92 Å². The highest BCUT2D eigenvalue weighted by Crippen LogP contribution is 2.41. The van der Waals surface area contributed by atoms with Gasteiger partial charge in [-0.15, -0.1) is 0 Å². The highest BCUT2D eigenvalue weighted by atomic mass is 16.4. The van der Waals surface area contributed by atoms with Gasteiger partial charge in [0.1, 0.15) is 0 Å². The van der Waals surface area contributed by atoms with Crippen molar-refractivity contribution in [1.82, 2.24) is 0 Å². The molecule has 3 rings (SSSR count). The zero-order valence-corrected chi connectivity index (χ0v) is 14.0. The van der Waals surface area contributed by atoms with E-state index >= 15 is 0 Å². The number of hydrogen-bond donors (Lipinski definition) is 2. The molecule has 0 amide bonds. The monoisotopic (exact) mass is 340 g/mol. The molecule has 5 heteroatoms. The zero-order chi connectivity index (χ0) is 18.1. The summed E-state index contributed by atoms with van der Waals surface area (Å²) in [7, 11) is 0. The van der Waals surface area contributed by atoms with Crippen LogP contribution in [0, 0.1) is 5.92 Å². The number of rotatable bonds is 4. The van der Waals surface area contributed by atoms with Crippen LogP contribution in [0.5, 0.6) is 0 Å². The van der Waals surface area contributed by atoms with E-state index in [1.807, 2.05) is 0 Å². The van der Waals surface area contributed by atoms with Crippen molar-refractivity contribution < 1.29 is 24.6 Å². The topological polar surface area (TPSA) is 91.7 Å². The van der Waals surface area contributed by atoms with Crippen LogP contribution in [0.15, 0.2) is 24.3 Å². The van der Waals surface area contributed by atoms with Gasteiger partial charge in [0.25, 0.3) is 0 Å². The van der Waals surface area contributed by atoms with E-state index < -0.39 is 11.9 Å². The lowest BCUT2D eigenvalue weighted by atomic mass is 9.77. The first-order valence-electron chi connectivity index (χ1n) is 8.45. The molecule has 2 aromatic rings. The molecule has 1 aliphatic carbocycles. The summed E-state index contributed by atoms with van der Waals surface area (Å²) in [6, 6.07) is 6.01. The van der Waals surface area contributed by atoms with Crippen LogP contribution in [0.3, 0.4) is 0 Å². The molecule has 25 heavy (non-hydrogen) atoms. The lowest BCUT2D eigenvalue weighted by Crippen LogP contribution is -2.13. The molecule has 0 heterocycles. The summed E-state index contributed by atoms with van der Waals surface area (Å²) in [5.41, 5.74) is 1.07. The first-order chi connectivity index (χ1) is 11.9. The second-order valence-corrected chi connectivity index (χ2v) is 6.84. The fraction of sp³-hybridized carbons (Fsp3) is 0.350. The average Bonchev–Trinajstić information content (AvgIpc) is 2.60. The number of benzene rings is 2. The Hall–Kier alpha value is -2.69. The predicted octanol–water partition coefficient (Wildman–Crippen LogP) is 4.34. The van der Waals surface area contributed by atoms with Crippen LogP contribution in [0.1, 0.15) is 75.2 Å². The van der Waals surface area contributed by atoms with E-state index in [1.165, 1.54) is 18.2 Å². The minimum atomic E-state index is -1.17.